The van der Waals surface area contributed by atoms with Gasteiger partial charge in [-0.15, -0.1) is 13.2 Å². The predicted octanol–water partition coefficient (Wildman–Crippen LogP) is 3.49. The number of hydrogen-bond donors (Lipinski definition) is 1. The van der Waals surface area contributed by atoms with Gasteiger partial charge in [0.2, 0.25) is 0 Å². The van der Waals surface area contributed by atoms with Crippen molar-refractivity contribution in [2.45, 2.75) is 50.9 Å². The number of imidazole rings is 1. The number of carbonyl (C=O) groups is 1. The van der Waals surface area contributed by atoms with Crippen molar-refractivity contribution in [1.82, 2.24) is 19.4 Å². The number of amides is 1. The first-order chi connectivity index (χ1) is 16.4. The van der Waals surface area contributed by atoms with E-state index in [1.165, 1.54) is 23.2 Å². The zero-order chi connectivity index (χ0) is 25.4. The lowest BCUT2D eigenvalue weighted by Gasteiger charge is -2.39. The third-order valence-corrected chi connectivity index (χ3v) is 6.07. The van der Waals surface area contributed by atoms with E-state index in [0.717, 1.165) is 12.1 Å². The van der Waals surface area contributed by atoms with E-state index in [2.05, 4.69) is 14.6 Å². The Kier molecular flexibility index (Phi) is 6.49. The molecular weight excluding hydrogens is 475 g/mol. The number of rotatable bonds is 7. The van der Waals surface area contributed by atoms with Crippen LogP contribution in [0.25, 0.3) is 0 Å². The highest BCUT2D eigenvalue weighted by Gasteiger charge is 2.42. The summed E-state index contributed by atoms with van der Waals surface area (Å²) >= 11 is 0. The molecule has 1 unspecified atom stereocenters. The number of halogens is 3. The second-order valence-corrected chi connectivity index (χ2v) is 8.93. The fourth-order valence-corrected chi connectivity index (χ4v) is 4.57. The van der Waals surface area contributed by atoms with Crippen molar-refractivity contribution in [3.8, 4) is 11.8 Å². The molecule has 35 heavy (non-hydrogen) atoms. The van der Waals surface area contributed by atoms with Crippen molar-refractivity contribution in [3.05, 3.63) is 46.1 Å². The number of benzene rings is 1. The summed E-state index contributed by atoms with van der Waals surface area (Å²) in [6, 6.07) is 5.11. The van der Waals surface area contributed by atoms with Gasteiger partial charge >= 0.3 is 24.3 Å². The number of likely N-dealkylation sites (tertiary alicyclic amines) is 1. The molecular formula is C21H24F3N5O6. The fraction of sp³-hybridized carbons (Fsp3) is 0.524. The van der Waals surface area contributed by atoms with E-state index in [4.69, 9.17) is 4.74 Å². The zero-order valence-corrected chi connectivity index (χ0v) is 18.8. The van der Waals surface area contributed by atoms with Crippen LogP contribution in [-0.4, -0.2) is 73.1 Å². The lowest BCUT2D eigenvalue weighted by molar-refractivity contribution is -0.389. The standard InChI is InChI=1S/C21H24F3N5O6/c1-20(13-27-11-17(29(32)33)25-18(27)35-20)12-26-8-6-15(7-9-26)28(19(30)31)10-14-2-4-16(5-3-14)34-21(22,23)24/h2-5,11,15H,6-10,12-13H2,1H3,(H,30,31). The minimum Gasteiger partial charge on any atom is -0.465 e. The SMILES string of the molecule is CC1(CN2CCC(N(Cc3ccc(OC(F)(F)F)cc3)C(=O)O)CC2)Cn2cc([N+](=O)[O-])nc2O1. The van der Waals surface area contributed by atoms with Crippen LogP contribution in [0.2, 0.25) is 0 Å². The minimum absolute atomic E-state index is 0.0486. The van der Waals surface area contributed by atoms with Crippen LogP contribution in [0, 0.1) is 10.1 Å². The van der Waals surface area contributed by atoms with E-state index in [9.17, 15) is 33.2 Å². The normalized spacial score (nSPS) is 20.8. The molecule has 1 atom stereocenters. The summed E-state index contributed by atoms with van der Waals surface area (Å²) in [5.74, 6) is -0.630. The zero-order valence-electron chi connectivity index (χ0n) is 18.8. The minimum atomic E-state index is -4.79. The Labute approximate surface area is 197 Å². The molecule has 11 nitrogen and oxygen atoms in total. The third-order valence-electron chi connectivity index (χ3n) is 6.07. The highest BCUT2D eigenvalue weighted by molar-refractivity contribution is 5.65. The molecule has 190 valence electrons. The first kappa shape index (κ1) is 24.6. The Balaban J connectivity index is 1.30. The van der Waals surface area contributed by atoms with Gasteiger partial charge < -0.3 is 29.6 Å². The highest BCUT2D eigenvalue weighted by atomic mass is 19.4. The van der Waals surface area contributed by atoms with E-state index in [0.29, 0.717) is 44.6 Å². The van der Waals surface area contributed by atoms with E-state index in [1.54, 1.807) is 4.57 Å². The maximum absolute atomic E-state index is 12.3. The van der Waals surface area contributed by atoms with Gasteiger partial charge in [0.05, 0.1) is 6.54 Å². The number of ether oxygens (including phenoxy) is 2. The van der Waals surface area contributed by atoms with Gasteiger partial charge in [-0.25, -0.2) is 4.79 Å². The Morgan fingerprint density at radius 3 is 2.54 bits per heavy atom. The van der Waals surface area contributed by atoms with E-state index >= 15 is 0 Å². The monoisotopic (exact) mass is 499 g/mol. The quantitative estimate of drug-likeness (QED) is 0.454. The summed E-state index contributed by atoms with van der Waals surface area (Å²) in [5.41, 5.74) is -0.0588. The van der Waals surface area contributed by atoms with Crippen LogP contribution >= 0.6 is 0 Å². The fourth-order valence-electron chi connectivity index (χ4n) is 4.57. The second-order valence-electron chi connectivity index (χ2n) is 8.93. The van der Waals surface area contributed by atoms with Gasteiger partial charge in [-0.3, -0.25) is 9.47 Å². The smallest absolute Gasteiger partial charge is 0.465 e. The molecule has 0 bridgehead atoms. The number of nitro groups is 1. The molecule has 3 heterocycles. The van der Waals surface area contributed by atoms with Crippen LogP contribution in [0.15, 0.2) is 30.5 Å². The maximum atomic E-state index is 12.3. The molecule has 1 aromatic carbocycles. The van der Waals surface area contributed by atoms with Gasteiger partial charge in [-0.1, -0.05) is 12.1 Å². The molecule has 1 amide bonds. The van der Waals surface area contributed by atoms with E-state index in [-0.39, 0.29) is 30.2 Å². The van der Waals surface area contributed by atoms with Gasteiger partial charge in [0, 0.05) is 37.2 Å². The molecule has 14 heteroatoms. The Morgan fingerprint density at radius 1 is 1.34 bits per heavy atom. The molecule has 0 radical (unpaired) electrons. The lowest BCUT2D eigenvalue weighted by atomic mass is 9.99. The van der Waals surface area contributed by atoms with Crippen molar-refractivity contribution in [2.24, 2.45) is 0 Å². The molecule has 0 spiro atoms. The average Bonchev–Trinajstić information content (AvgIpc) is 3.28. The van der Waals surface area contributed by atoms with Crippen LogP contribution in [0.3, 0.4) is 0 Å². The molecule has 1 N–H and O–H groups in total. The summed E-state index contributed by atoms with van der Waals surface area (Å²) in [6.07, 6.45) is -3.39. The Bertz CT molecular complexity index is 1060. The summed E-state index contributed by atoms with van der Waals surface area (Å²) < 4.78 is 48.3. The Hall–Kier alpha value is -3.55. The third kappa shape index (κ3) is 5.93. The van der Waals surface area contributed by atoms with Crippen LogP contribution in [0.5, 0.6) is 11.8 Å². The predicted molar refractivity (Wildman–Crippen MR) is 114 cm³/mol. The number of fused-ring (bicyclic) bond motifs is 1. The molecule has 1 fully saturated rings. The number of carboxylic acid groups (broad SMARTS) is 1. The van der Waals surface area contributed by atoms with Crippen molar-refractivity contribution in [3.63, 3.8) is 0 Å². The van der Waals surface area contributed by atoms with Crippen LogP contribution in [-0.2, 0) is 13.1 Å². The van der Waals surface area contributed by atoms with Gasteiger partial charge in [0.25, 0.3) is 0 Å². The number of alkyl halides is 3. The molecule has 1 saturated heterocycles. The van der Waals surface area contributed by atoms with E-state index in [1.807, 2.05) is 6.92 Å². The number of hydrogen-bond acceptors (Lipinski definition) is 7. The van der Waals surface area contributed by atoms with Gasteiger partial charge in [0.1, 0.15) is 17.5 Å². The van der Waals surface area contributed by atoms with Crippen LogP contribution in [0.1, 0.15) is 25.3 Å². The highest BCUT2D eigenvalue weighted by Crippen LogP contribution is 2.32. The first-order valence-electron chi connectivity index (χ1n) is 10.9. The summed E-state index contributed by atoms with van der Waals surface area (Å²) in [6.45, 7) is 4.15. The summed E-state index contributed by atoms with van der Waals surface area (Å²) in [4.78, 5) is 29.5. The number of nitrogens with zero attached hydrogens (tertiary/aromatic N) is 5. The van der Waals surface area contributed by atoms with Gasteiger partial charge in [-0.05, 0) is 42.4 Å². The molecule has 2 aliphatic rings. The largest absolute Gasteiger partial charge is 0.573 e. The molecule has 0 saturated carbocycles. The first-order valence-corrected chi connectivity index (χ1v) is 10.9. The maximum Gasteiger partial charge on any atom is 0.573 e. The number of aromatic nitrogens is 2. The topological polar surface area (TPSA) is 123 Å². The summed E-state index contributed by atoms with van der Waals surface area (Å²) in [5, 5.41) is 20.6. The lowest BCUT2D eigenvalue weighted by Crippen LogP contribution is -2.51. The average molecular weight is 499 g/mol. The van der Waals surface area contributed by atoms with Crippen LogP contribution in [0.4, 0.5) is 23.8 Å². The van der Waals surface area contributed by atoms with Gasteiger partial charge in [-0.2, -0.15) is 0 Å². The number of piperidine rings is 1. The molecule has 2 aromatic rings. The van der Waals surface area contributed by atoms with Crippen molar-refractivity contribution < 1.29 is 37.5 Å². The Morgan fingerprint density at radius 2 is 2.00 bits per heavy atom. The van der Waals surface area contributed by atoms with Crippen LogP contribution < -0.4 is 9.47 Å². The second kappa shape index (κ2) is 9.24. The molecule has 0 aliphatic carbocycles. The summed E-state index contributed by atoms with van der Waals surface area (Å²) in [7, 11) is 0. The molecule has 2 aliphatic heterocycles. The molecule has 1 aromatic heterocycles. The van der Waals surface area contributed by atoms with Crippen molar-refractivity contribution in [1.29, 1.82) is 0 Å². The van der Waals surface area contributed by atoms with E-state index < -0.39 is 23.0 Å². The van der Waals surface area contributed by atoms with Crippen molar-refractivity contribution >= 4 is 11.9 Å². The van der Waals surface area contributed by atoms with Gasteiger partial charge in [0.15, 0.2) is 0 Å². The van der Waals surface area contributed by atoms with Crippen molar-refractivity contribution in [2.75, 3.05) is 19.6 Å². The molecule has 4 rings (SSSR count).